The van der Waals surface area contributed by atoms with Gasteiger partial charge in [-0.3, -0.25) is 0 Å². The summed E-state index contributed by atoms with van der Waals surface area (Å²) in [6.07, 6.45) is -3.06. The van der Waals surface area contributed by atoms with E-state index in [1.165, 1.54) is 0 Å². The van der Waals surface area contributed by atoms with Gasteiger partial charge in [-0.25, -0.2) is 14.4 Å². The third-order valence-corrected chi connectivity index (χ3v) is 3.95. The molecule has 0 unspecified atom stereocenters. The Hall–Kier alpha value is -2.15. The van der Waals surface area contributed by atoms with Gasteiger partial charge in [0.25, 0.3) is 0 Å². The molecule has 0 saturated heterocycles. The predicted molar refractivity (Wildman–Crippen MR) is 120 cm³/mol. The number of rotatable bonds is 9. The second-order valence-corrected chi connectivity index (χ2v) is 6.16. The highest BCUT2D eigenvalue weighted by atomic mass is 127. The standard InChI is InChI=1S/C20H24F4N4O2.HI/c1-3-25-19(27-12-14-6-7-16(21)11-17(14)20(22,23)24)28-13-15-5-4-8-26-18(15)30-10-9-29-2;/h4-8,11H,3,9-10,12-13H2,1-2H3,(H2,25,27,28);1H. The Kier molecular flexibility index (Phi) is 11.5. The van der Waals surface area contributed by atoms with E-state index < -0.39 is 17.6 Å². The van der Waals surface area contributed by atoms with Crippen LogP contribution in [-0.2, 0) is 24.0 Å². The van der Waals surface area contributed by atoms with Crippen molar-refractivity contribution in [3.8, 4) is 5.88 Å². The zero-order valence-corrected chi connectivity index (χ0v) is 19.5. The van der Waals surface area contributed by atoms with Crippen LogP contribution in [0.2, 0.25) is 0 Å². The molecule has 172 valence electrons. The van der Waals surface area contributed by atoms with Gasteiger partial charge in [0, 0.05) is 32.0 Å². The highest BCUT2D eigenvalue weighted by Gasteiger charge is 2.33. The second kappa shape index (κ2) is 13.3. The van der Waals surface area contributed by atoms with E-state index in [9.17, 15) is 17.6 Å². The normalized spacial score (nSPS) is 11.6. The molecule has 1 aromatic carbocycles. The summed E-state index contributed by atoms with van der Waals surface area (Å²) in [6, 6.07) is 6.12. The quantitative estimate of drug-likeness (QED) is 0.160. The van der Waals surface area contributed by atoms with E-state index in [0.717, 1.165) is 12.1 Å². The van der Waals surface area contributed by atoms with Crippen LogP contribution in [0.1, 0.15) is 23.6 Å². The second-order valence-electron chi connectivity index (χ2n) is 6.16. The highest BCUT2D eigenvalue weighted by Crippen LogP contribution is 2.32. The number of aromatic nitrogens is 1. The van der Waals surface area contributed by atoms with E-state index in [1.807, 2.05) is 6.92 Å². The zero-order valence-electron chi connectivity index (χ0n) is 17.1. The van der Waals surface area contributed by atoms with Gasteiger partial charge in [0.1, 0.15) is 12.4 Å². The molecule has 0 spiro atoms. The first kappa shape index (κ1) is 26.9. The first-order valence-electron chi connectivity index (χ1n) is 9.28. The van der Waals surface area contributed by atoms with Gasteiger partial charge >= 0.3 is 6.18 Å². The Balaban J connectivity index is 0.00000480. The van der Waals surface area contributed by atoms with E-state index in [1.54, 1.807) is 25.4 Å². The number of methoxy groups -OCH3 is 1. The van der Waals surface area contributed by atoms with Gasteiger partial charge in [0.05, 0.1) is 18.7 Å². The maximum absolute atomic E-state index is 13.3. The van der Waals surface area contributed by atoms with Crippen LogP contribution in [-0.4, -0.2) is 37.8 Å². The number of benzene rings is 1. The molecule has 31 heavy (non-hydrogen) atoms. The lowest BCUT2D eigenvalue weighted by atomic mass is 10.1. The number of guanidine groups is 1. The number of pyridine rings is 1. The Bertz CT molecular complexity index is 850. The van der Waals surface area contributed by atoms with E-state index in [2.05, 4.69) is 20.6 Å². The number of alkyl halides is 3. The number of ether oxygens (including phenoxy) is 2. The molecule has 0 amide bonds. The summed E-state index contributed by atoms with van der Waals surface area (Å²) in [5.41, 5.74) is -0.394. The fourth-order valence-corrected chi connectivity index (χ4v) is 2.55. The summed E-state index contributed by atoms with van der Waals surface area (Å²) in [6.45, 7) is 3.09. The molecule has 2 N–H and O–H groups in total. The van der Waals surface area contributed by atoms with Crippen LogP contribution < -0.4 is 15.4 Å². The largest absolute Gasteiger partial charge is 0.475 e. The van der Waals surface area contributed by atoms with E-state index >= 15 is 0 Å². The summed E-state index contributed by atoms with van der Waals surface area (Å²) in [4.78, 5) is 8.55. The molecule has 0 aliphatic carbocycles. The predicted octanol–water partition coefficient (Wildman–Crippen LogP) is 4.14. The number of nitrogens with one attached hydrogen (secondary N) is 2. The van der Waals surface area contributed by atoms with Crippen molar-refractivity contribution >= 4 is 29.9 Å². The van der Waals surface area contributed by atoms with E-state index in [0.29, 0.717) is 43.2 Å². The lowest BCUT2D eigenvalue weighted by Gasteiger charge is -2.16. The molecule has 0 atom stereocenters. The molecule has 0 radical (unpaired) electrons. The van der Waals surface area contributed by atoms with Crippen molar-refractivity contribution in [1.29, 1.82) is 0 Å². The van der Waals surface area contributed by atoms with Crippen LogP contribution in [0, 0.1) is 5.82 Å². The first-order chi connectivity index (χ1) is 14.3. The molecule has 0 aliphatic heterocycles. The molecule has 0 aliphatic rings. The van der Waals surface area contributed by atoms with Crippen molar-refractivity contribution in [1.82, 2.24) is 15.6 Å². The summed E-state index contributed by atoms with van der Waals surface area (Å²) >= 11 is 0. The third-order valence-electron chi connectivity index (χ3n) is 3.95. The fraction of sp³-hybridized carbons (Fsp3) is 0.400. The van der Waals surface area contributed by atoms with Gasteiger partial charge in [0.2, 0.25) is 5.88 Å². The lowest BCUT2D eigenvalue weighted by Crippen LogP contribution is -2.37. The van der Waals surface area contributed by atoms with Crippen molar-refractivity contribution < 1.29 is 27.0 Å². The van der Waals surface area contributed by atoms with Gasteiger partial charge in [-0.1, -0.05) is 12.1 Å². The molecule has 0 bridgehead atoms. The summed E-state index contributed by atoms with van der Waals surface area (Å²) in [5.74, 6) is -0.224. The molecule has 0 fully saturated rings. The number of halogens is 5. The summed E-state index contributed by atoms with van der Waals surface area (Å²) in [7, 11) is 1.56. The Labute approximate surface area is 195 Å². The minimum absolute atomic E-state index is 0. The minimum atomic E-state index is -4.65. The molecule has 11 heteroatoms. The SMILES string of the molecule is CCNC(=NCc1cccnc1OCCOC)NCc1ccc(F)cc1C(F)(F)F.I. The van der Waals surface area contributed by atoms with Crippen LogP contribution in [0.5, 0.6) is 5.88 Å². The van der Waals surface area contributed by atoms with E-state index in [4.69, 9.17) is 9.47 Å². The molecule has 2 aromatic rings. The maximum atomic E-state index is 13.3. The van der Waals surface area contributed by atoms with Crippen molar-refractivity contribution in [2.75, 3.05) is 26.9 Å². The Morgan fingerprint density at radius 3 is 2.58 bits per heavy atom. The van der Waals surface area contributed by atoms with Crippen molar-refractivity contribution in [2.45, 2.75) is 26.2 Å². The molecular formula is C20H25F4IN4O2. The van der Waals surface area contributed by atoms with Crippen LogP contribution in [0.25, 0.3) is 0 Å². The molecule has 6 nitrogen and oxygen atoms in total. The smallest absolute Gasteiger partial charge is 0.416 e. The molecular weight excluding hydrogens is 531 g/mol. The van der Waals surface area contributed by atoms with Crippen LogP contribution in [0.15, 0.2) is 41.5 Å². The zero-order chi connectivity index (χ0) is 22.0. The monoisotopic (exact) mass is 556 g/mol. The van der Waals surface area contributed by atoms with Crippen LogP contribution in [0.3, 0.4) is 0 Å². The third kappa shape index (κ3) is 8.85. The van der Waals surface area contributed by atoms with Crippen molar-refractivity contribution in [3.63, 3.8) is 0 Å². The molecule has 2 rings (SSSR count). The minimum Gasteiger partial charge on any atom is -0.475 e. The maximum Gasteiger partial charge on any atom is 0.416 e. The van der Waals surface area contributed by atoms with Gasteiger partial charge in [-0.15, -0.1) is 24.0 Å². The average molecular weight is 556 g/mol. The van der Waals surface area contributed by atoms with Gasteiger partial charge in [-0.05, 0) is 30.7 Å². The van der Waals surface area contributed by atoms with Crippen LogP contribution >= 0.6 is 24.0 Å². The fourth-order valence-electron chi connectivity index (χ4n) is 2.55. The molecule has 1 aromatic heterocycles. The van der Waals surface area contributed by atoms with Crippen molar-refractivity contribution in [3.05, 3.63) is 59.0 Å². The number of nitrogens with zero attached hydrogens (tertiary/aromatic N) is 2. The van der Waals surface area contributed by atoms with Gasteiger partial charge in [-0.2, -0.15) is 13.2 Å². The van der Waals surface area contributed by atoms with Crippen LogP contribution in [0.4, 0.5) is 17.6 Å². The summed E-state index contributed by atoms with van der Waals surface area (Å²) in [5, 5.41) is 5.81. The summed E-state index contributed by atoms with van der Waals surface area (Å²) < 4.78 is 63.3. The number of hydrogen-bond donors (Lipinski definition) is 2. The molecule has 0 saturated carbocycles. The topological polar surface area (TPSA) is 67.8 Å². The van der Waals surface area contributed by atoms with Gasteiger partial charge < -0.3 is 20.1 Å². The highest BCUT2D eigenvalue weighted by molar-refractivity contribution is 14.0. The number of hydrogen-bond acceptors (Lipinski definition) is 4. The lowest BCUT2D eigenvalue weighted by molar-refractivity contribution is -0.138. The Morgan fingerprint density at radius 2 is 1.90 bits per heavy atom. The first-order valence-corrected chi connectivity index (χ1v) is 9.28. The van der Waals surface area contributed by atoms with Gasteiger partial charge in [0.15, 0.2) is 5.96 Å². The van der Waals surface area contributed by atoms with E-state index in [-0.39, 0.29) is 42.6 Å². The van der Waals surface area contributed by atoms with Crippen molar-refractivity contribution in [2.24, 2.45) is 4.99 Å². The molecule has 1 heterocycles. The Morgan fingerprint density at radius 1 is 1.13 bits per heavy atom. The number of aliphatic imine (C=N–C) groups is 1. The average Bonchev–Trinajstić information content (AvgIpc) is 2.71.